The lowest BCUT2D eigenvalue weighted by molar-refractivity contribution is -0.130. The number of thiazole rings is 1. The van der Waals surface area contributed by atoms with Gasteiger partial charge in [0.1, 0.15) is 6.04 Å². The van der Waals surface area contributed by atoms with Crippen LogP contribution in [0.1, 0.15) is 30.6 Å². The van der Waals surface area contributed by atoms with Crippen molar-refractivity contribution in [2.45, 2.75) is 26.3 Å². The fourth-order valence-corrected chi connectivity index (χ4v) is 3.72. The third-order valence-electron chi connectivity index (χ3n) is 5.11. The summed E-state index contributed by atoms with van der Waals surface area (Å²) in [5, 5.41) is 17.7. The minimum Gasteiger partial charge on any atom is -0.340 e. The summed E-state index contributed by atoms with van der Waals surface area (Å²) in [6.45, 7) is 3.81. The van der Waals surface area contributed by atoms with E-state index in [1.807, 2.05) is 43.5 Å². The van der Waals surface area contributed by atoms with Gasteiger partial charge >= 0.3 is 0 Å². The summed E-state index contributed by atoms with van der Waals surface area (Å²) in [4.78, 5) is 34.8. The maximum Gasteiger partial charge on any atom is 0.258 e. The topological polar surface area (TPSA) is 111 Å². The van der Waals surface area contributed by atoms with Crippen LogP contribution < -0.4 is 10.6 Å². The highest BCUT2D eigenvalue weighted by atomic mass is 32.1. The van der Waals surface area contributed by atoms with Crippen LogP contribution in [0, 0.1) is 17.4 Å². The number of carbonyl (C=O) groups is 2. The van der Waals surface area contributed by atoms with E-state index >= 15 is 0 Å². The van der Waals surface area contributed by atoms with Crippen LogP contribution in [-0.2, 0) is 4.79 Å². The number of pyridine rings is 1. The molecular formula is C23H24N6O2S. The van der Waals surface area contributed by atoms with E-state index in [0.717, 1.165) is 27.0 Å². The van der Waals surface area contributed by atoms with E-state index in [0.29, 0.717) is 12.0 Å². The van der Waals surface area contributed by atoms with Crippen LogP contribution in [0.25, 0.3) is 11.3 Å². The lowest BCUT2D eigenvalue weighted by Crippen LogP contribution is -2.49. The van der Waals surface area contributed by atoms with Crippen molar-refractivity contribution in [3.8, 4) is 17.5 Å². The van der Waals surface area contributed by atoms with Crippen molar-refractivity contribution < 1.29 is 9.59 Å². The van der Waals surface area contributed by atoms with Gasteiger partial charge in [-0.3, -0.25) is 19.5 Å². The second kappa shape index (κ2) is 10.5. The average molecular weight is 449 g/mol. The van der Waals surface area contributed by atoms with E-state index < -0.39 is 11.9 Å². The summed E-state index contributed by atoms with van der Waals surface area (Å²) in [5.74, 6) is -0.899. The molecule has 0 aliphatic heterocycles. The van der Waals surface area contributed by atoms with Crippen LogP contribution in [0.5, 0.6) is 0 Å². The lowest BCUT2D eigenvalue weighted by atomic mass is 9.97. The highest BCUT2D eigenvalue weighted by Gasteiger charge is 2.29. The van der Waals surface area contributed by atoms with Gasteiger partial charge in [0, 0.05) is 29.8 Å². The molecule has 1 aromatic carbocycles. The summed E-state index contributed by atoms with van der Waals surface area (Å²) in [6, 6.07) is 10.0. The Morgan fingerprint density at radius 2 is 2.00 bits per heavy atom. The first-order chi connectivity index (χ1) is 15.4. The minimum atomic E-state index is -0.767. The molecule has 3 rings (SSSR count). The van der Waals surface area contributed by atoms with Gasteiger partial charge in [0.15, 0.2) is 11.3 Å². The predicted molar refractivity (Wildman–Crippen MR) is 124 cm³/mol. The second-order valence-electron chi connectivity index (χ2n) is 7.32. The number of nitrogens with one attached hydrogen (secondary N) is 2. The number of likely N-dealkylation sites (N-methyl/N-ethyl adjacent to an activating group) is 1. The molecule has 0 spiro atoms. The molecule has 0 aliphatic rings. The first kappa shape index (κ1) is 22.9. The second-order valence-corrected chi connectivity index (χ2v) is 8.17. The molecular weight excluding hydrogens is 424 g/mol. The number of aromatic nitrogens is 2. The van der Waals surface area contributed by atoms with Gasteiger partial charge in [0.2, 0.25) is 0 Å². The molecule has 32 heavy (non-hydrogen) atoms. The fourth-order valence-electron chi connectivity index (χ4n) is 2.98. The number of carbonyl (C=O) groups excluding carboxylic acids is 2. The van der Waals surface area contributed by atoms with Crippen molar-refractivity contribution in [1.29, 1.82) is 5.26 Å². The molecule has 9 heteroatoms. The molecule has 0 saturated heterocycles. The van der Waals surface area contributed by atoms with E-state index in [9.17, 15) is 9.59 Å². The Labute approximate surface area is 190 Å². The number of nitriles is 1. The lowest BCUT2D eigenvalue weighted by Gasteiger charge is -2.24. The number of benzene rings is 1. The van der Waals surface area contributed by atoms with Crippen molar-refractivity contribution >= 4 is 34.0 Å². The van der Waals surface area contributed by atoms with Gasteiger partial charge in [-0.15, -0.1) is 11.3 Å². The molecule has 164 valence electrons. The minimum absolute atomic E-state index is 0.109. The van der Waals surface area contributed by atoms with Crippen LogP contribution in [0.3, 0.4) is 0 Å². The van der Waals surface area contributed by atoms with Crippen LogP contribution in [-0.4, -0.2) is 39.8 Å². The molecule has 8 nitrogen and oxygen atoms in total. The van der Waals surface area contributed by atoms with Crippen LogP contribution in [0.2, 0.25) is 0 Å². The van der Waals surface area contributed by atoms with Gasteiger partial charge in [-0.25, -0.2) is 4.98 Å². The Morgan fingerprint density at radius 1 is 1.25 bits per heavy atom. The third-order valence-corrected chi connectivity index (χ3v) is 5.86. The van der Waals surface area contributed by atoms with Gasteiger partial charge < -0.3 is 10.6 Å². The predicted octanol–water partition coefficient (Wildman–Crippen LogP) is 4.03. The molecule has 3 aromatic rings. The number of anilines is 2. The molecule has 2 aromatic heterocycles. The summed E-state index contributed by atoms with van der Waals surface area (Å²) < 4.78 is 0. The van der Waals surface area contributed by atoms with E-state index in [4.69, 9.17) is 5.26 Å². The molecule has 0 fully saturated rings. The standard InChI is InChI=1S/C23H24N6O2S/c1-4-15(2)20(22(31)29(3)14-24)28-21(30)17-9-7-16(8-10-17)19-13-32-23(27-19)26-18-6-5-11-25-12-18/h5-13,15,20H,4H2,1-3H3,(H,26,27)(H,28,30). The monoisotopic (exact) mass is 448 g/mol. The smallest absolute Gasteiger partial charge is 0.258 e. The summed E-state index contributed by atoms with van der Waals surface area (Å²) in [6.07, 6.45) is 5.92. The van der Waals surface area contributed by atoms with Crippen LogP contribution >= 0.6 is 11.3 Å². The highest BCUT2D eigenvalue weighted by Crippen LogP contribution is 2.27. The van der Waals surface area contributed by atoms with Crippen molar-refractivity contribution in [3.05, 3.63) is 59.7 Å². The van der Waals surface area contributed by atoms with Crippen molar-refractivity contribution in [2.75, 3.05) is 12.4 Å². The number of rotatable bonds is 8. The van der Waals surface area contributed by atoms with E-state index in [1.165, 1.54) is 18.4 Å². The summed E-state index contributed by atoms with van der Waals surface area (Å²) in [7, 11) is 1.39. The Hall–Kier alpha value is -3.77. The van der Waals surface area contributed by atoms with E-state index in [1.54, 1.807) is 30.7 Å². The van der Waals surface area contributed by atoms with E-state index in [-0.39, 0.29) is 11.8 Å². The quantitative estimate of drug-likeness (QED) is 0.398. The maximum atomic E-state index is 12.8. The average Bonchev–Trinajstić information content (AvgIpc) is 3.30. The van der Waals surface area contributed by atoms with Crippen molar-refractivity contribution in [3.63, 3.8) is 0 Å². The number of nitrogens with zero attached hydrogens (tertiary/aromatic N) is 4. The maximum absolute atomic E-state index is 12.8. The molecule has 2 unspecified atom stereocenters. The number of hydrogen-bond acceptors (Lipinski definition) is 7. The first-order valence-corrected chi connectivity index (χ1v) is 11.0. The van der Waals surface area contributed by atoms with Crippen LogP contribution in [0.4, 0.5) is 10.8 Å². The number of hydrogen-bond donors (Lipinski definition) is 2. The Balaban J connectivity index is 1.70. The first-order valence-electron chi connectivity index (χ1n) is 10.1. The Bertz CT molecular complexity index is 1110. The van der Waals surface area contributed by atoms with Gasteiger partial charge in [-0.2, -0.15) is 5.26 Å². The Morgan fingerprint density at radius 3 is 2.62 bits per heavy atom. The molecule has 0 bridgehead atoms. The molecule has 2 heterocycles. The number of amides is 2. The van der Waals surface area contributed by atoms with Gasteiger partial charge in [0.25, 0.3) is 11.8 Å². The van der Waals surface area contributed by atoms with Gasteiger partial charge in [-0.1, -0.05) is 32.4 Å². The Kier molecular flexibility index (Phi) is 7.52. The van der Waals surface area contributed by atoms with Gasteiger partial charge in [0.05, 0.1) is 17.6 Å². The molecule has 0 aliphatic carbocycles. The van der Waals surface area contributed by atoms with Gasteiger partial charge in [-0.05, 0) is 30.2 Å². The molecule has 2 amide bonds. The largest absolute Gasteiger partial charge is 0.340 e. The van der Waals surface area contributed by atoms with E-state index in [2.05, 4.69) is 20.6 Å². The summed E-state index contributed by atoms with van der Waals surface area (Å²) >= 11 is 1.47. The zero-order chi connectivity index (χ0) is 23.1. The van der Waals surface area contributed by atoms with Crippen molar-refractivity contribution in [2.24, 2.45) is 5.92 Å². The van der Waals surface area contributed by atoms with Crippen molar-refractivity contribution in [1.82, 2.24) is 20.2 Å². The normalized spacial score (nSPS) is 12.3. The third kappa shape index (κ3) is 5.47. The van der Waals surface area contributed by atoms with Crippen LogP contribution in [0.15, 0.2) is 54.2 Å². The SMILES string of the molecule is CCC(C)C(NC(=O)c1ccc(-c2csc(Nc3cccnc3)n2)cc1)C(=O)N(C)C#N. The molecule has 2 N–H and O–H groups in total. The highest BCUT2D eigenvalue weighted by molar-refractivity contribution is 7.14. The fraction of sp³-hybridized carbons (Fsp3) is 0.261. The zero-order valence-electron chi connectivity index (χ0n) is 18.1. The zero-order valence-corrected chi connectivity index (χ0v) is 18.9. The summed E-state index contributed by atoms with van der Waals surface area (Å²) in [5.41, 5.74) is 2.94. The molecule has 0 saturated carbocycles. The molecule has 2 atom stereocenters. The molecule has 0 radical (unpaired) electrons.